The van der Waals surface area contributed by atoms with Crippen LogP contribution in [0, 0.1) is 0 Å². The summed E-state index contributed by atoms with van der Waals surface area (Å²) < 4.78 is 6.31. The fourth-order valence-electron chi connectivity index (χ4n) is 1.91. The van der Waals surface area contributed by atoms with Crippen molar-refractivity contribution in [2.45, 2.75) is 12.6 Å². The molecule has 2 N–H and O–H groups in total. The maximum atomic E-state index is 5.84. The number of rotatable bonds is 5. The second kappa shape index (κ2) is 6.13. The predicted octanol–water partition coefficient (Wildman–Crippen LogP) is 2.57. The number of pyridine rings is 1. The average Bonchev–Trinajstić information content (AvgIpc) is 2.78. The van der Waals surface area contributed by atoms with E-state index in [1.807, 2.05) is 31.3 Å². The van der Waals surface area contributed by atoms with Gasteiger partial charge in [-0.25, -0.2) is 0 Å². The third-order valence-electron chi connectivity index (χ3n) is 2.86. The van der Waals surface area contributed by atoms with Crippen LogP contribution in [0.15, 0.2) is 45.7 Å². The smallest absolute Gasteiger partial charge is 0.169 e. The van der Waals surface area contributed by atoms with E-state index < -0.39 is 0 Å². The van der Waals surface area contributed by atoms with Crippen molar-refractivity contribution in [3.05, 3.63) is 52.7 Å². The Morgan fingerprint density at radius 1 is 1.33 bits per heavy atom. The molecule has 0 saturated carbocycles. The molecule has 2 rings (SSSR count). The number of likely N-dealkylation sites (N-methyl/N-ethyl adjacent to an activating group) is 1. The van der Waals surface area contributed by atoms with E-state index in [9.17, 15) is 0 Å². The number of furan rings is 1. The first-order valence-corrected chi connectivity index (χ1v) is 6.54. The number of hydrogen-bond acceptors (Lipinski definition) is 4. The first-order chi connectivity index (χ1) is 8.70. The Bertz CT molecular complexity index is 486. The molecule has 0 spiro atoms. The van der Waals surface area contributed by atoms with Crippen LogP contribution in [0.3, 0.4) is 0 Å². The van der Waals surface area contributed by atoms with Gasteiger partial charge in [-0.3, -0.25) is 9.88 Å². The van der Waals surface area contributed by atoms with Crippen molar-refractivity contribution in [3.63, 3.8) is 0 Å². The normalized spacial score (nSPS) is 12.9. The molecule has 0 amide bonds. The first-order valence-electron chi connectivity index (χ1n) is 5.75. The Morgan fingerprint density at radius 2 is 2.06 bits per heavy atom. The molecule has 4 nitrogen and oxygen atoms in total. The highest BCUT2D eigenvalue weighted by Gasteiger charge is 2.18. The van der Waals surface area contributed by atoms with Gasteiger partial charge in [-0.05, 0) is 52.8 Å². The topological polar surface area (TPSA) is 55.3 Å². The molecular formula is C13H16BrN3O. The van der Waals surface area contributed by atoms with Gasteiger partial charge in [-0.2, -0.15) is 0 Å². The van der Waals surface area contributed by atoms with Gasteiger partial charge >= 0.3 is 0 Å². The first kappa shape index (κ1) is 13.3. The minimum atomic E-state index is 0.0736. The summed E-state index contributed by atoms with van der Waals surface area (Å²) in [5.74, 6) is 0.876. The zero-order chi connectivity index (χ0) is 13.0. The molecule has 2 heterocycles. The SMILES string of the molecule is CN(Cc1ccncc1)C(CN)c1ccc(Br)o1. The molecule has 0 radical (unpaired) electrons. The number of nitrogens with two attached hydrogens (primary N) is 1. The molecule has 2 aromatic heterocycles. The Kier molecular flexibility index (Phi) is 4.52. The molecule has 0 aliphatic rings. The van der Waals surface area contributed by atoms with Gasteiger partial charge in [-0.1, -0.05) is 0 Å². The molecule has 1 unspecified atom stereocenters. The molecule has 0 aliphatic heterocycles. The Hall–Kier alpha value is -1.17. The molecule has 2 aromatic rings. The zero-order valence-corrected chi connectivity index (χ0v) is 11.8. The average molecular weight is 310 g/mol. The molecule has 5 heteroatoms. The highest BCUT2D eigenvalue weighted by Crippen LogP contribution is 2.24. The summed E-state index contributed by atoms with van der Waals surface area (Å²) in [4.78, 5) is 6.18. The lowest BCUT2D eigenvalue weighted by Crippen LogP contribution is -2.29. The lowest BCUT2D eigenvalue weighted by atomic mass is 10.1. The van der Waals surface area contributed by atoms with Crippen molar-refractivity contribution < 1.29 is 4.42 Å². The summed E-state index contributed by atoms with van der Waals surface area (Å²) in [5, 5.41) is 0. The molecule has 0 fully saturated rings. The highest BCUT2D eigenvalue weighted by molar-refractivity contribution is 9.10. The molecule has 96 valence electrons. The fourth-order valence-corrected chi connectivity index (χ4v) is 2.23. The standard InChI is InChI=1S/C13H16BrN3O/c1-17(9-10-4-6-16-7-5-10)11(8-15)12-2-3-13(14)18-12/h2-7,11H,8-9,15H2,1H3. The van der Waals surface area contributed by atoms with Crippen LogP contribution in [0.2, 0.25) is 0 Å². The van der Waals surface area contributed by atoms with Crippen molar-refractivity contribution in [2.75, 3.05) is 13.6 Å². The lowest BCUT2D eigenvalue weighted by Gasteiger charge is -2.25. The number of hydrogen-bond donors (Lipinski definition) is 1. The molecule has 0 saturated heterocycles. The summed E-state index contributed by atoms with van der Waals surface area (Å²) in [7, 11) is 2.04. The molecule has 18 heavy (non-hydrogen) atoms. The van der Waals surface area contributed by atoms with Gasteiger partial charge in [-0.15, -0.1) is 0 Å². The van der Waals surface area contributed by atoms with Crippen LogP contribution in [0.25, 0.3) is 0 Å². The quantitative estimate of drug-likeness (QED) is 0.922. The third-order valence-corrected chi connectivity index (χ3v) is 3.29. The van der Waals surface area contributed by atoms with E-state index in [-0.39, 0.29) is 6.04 Å². The van der Waals surface area contributed by atoms with Crippen LogP contribution in [0.1, 0.15) is 17.4 Å². The van der Waals surface area contributed by atoms with Gasteiger partial charge in [0.05, 0.1) is 6.04 Å². The third kappa shape index (κ3) is 3.19. The summed E-state index contributed by atoms with van der Waals surface area (Å²) in [6.07, 6.45) is 3.59. The minimum Gasteiger partial charge on any atom is -0.453 e. The van der Waals surface area contributed by atoms with E-state index in [4.69, 9.17) is 10.2 Å². The van der Waals surface area contributed by atoms with Crippen molar-refractivity contribution >= 4 is 15.9 Å². The zero-order valence-electron chi connectivity index (χ0n) is 10.2. The van der Waals surface area contributed by atoms with Crippen LogP contribution in [0.5, 0.6) is 0 Å². The minimum absolute atomic E-state index is 0.0736. The van der Waals surface area contributed by atoms with Crippen LogP contribution in [-0.4, -0.2) is 23.5 Å². The Balaban J connectivity index is 2.08. The number of aromatic nitrogens is 1. The molecule has 0 aromatic carbocycles. The number of halogens is 1. The van der Waals surface area contributed by atoms with E-state index >= 15 is 0 Å². The summed E-state index contributed by atoms with van der Waals surface area (Å²) >= 11 is 3.31. The van der Waals surface area contributed by atoms with Gasteiger partial charge in [0.2, 0.25) is 0 Å². The summed E-state index contributed by atoms with van der Waals surface area (Å²) in [6.45, 7) is 1.32. The Labute approximate surface area is 115 Å². The van der Waals surface area contributed by atoms with E-state index in [0.29, 0.717) is 6.54 Å². The molecule has 1 atom stereocenters. The summed E-state index contributed by atoms with van der Waals surface area (Å²) in [5.41, 5.74) is 7.04. The maximum Gasteiger partial charge on any atom is 0.169 e. The van der Waals surface area contributed by atoms with E-state index in [0.717, 1.165) is 17.0 Å². The maximum absolute atomic E-state index is 5.84. The lowest BCUT2D eigenvalue weighted by molar-refractivity contribution is 0.211. The van der Waals surface area contributed by atoms with Crippen LogP contribution >= 0.6 is 15.9 Å². The van der Waals surface area contributed by atoms with Gasteiger partial charge in [0, 0.05) is 25.5 Å². The molecular weight excluding hydrogens is 294 g/mol. The fraction of sp³-hybridized carbons (Fsp3) is 0.308. The second-order valence-corrected chi connectivity index (χ2v) is 4.95. The van der Waals surface area contributed by atoms with Gasteiger partial charge in [0.1, 0.15) is 5.76 Å². The highest BCUT2D eigenvalue weighted by atomic mass is 79.9. The van der Waals surface area contributed by atoms with Gasteiger partial charge in [0.25, 0.3) is 0 Å². The van der Waals surface area contributed by atoms with Crippen molar-refractivity contribution in [3.8, 4) is 0 Å². The largest absolute Gasteiger partial charge is 0.453 e. The summed E-state index contributed by atoms with van der Waals surface area (Å²) in [6, 6.07) is 7.91. The predicted molar refractivity (Wildman–Crippen MR) is 73.9 cm³/mol. The van der Waals surface area contributed by atoms with Crippen molar-refractivity contribution in [1.82, 2.24) is 9.88 Å². The van der Waals surface area contributed by atoms with Gasteiger partial charge in [0.15, 0.2) is 4.67 Å². The van der Waals surface area contributed by atoms with Crippen LogP contribution in [-0.2, 0) is 6.54 Å². The number of nitrogens with zero attached hydrogens (tertiary/aromatic N) is 2. The Morgan fingerprint density at radius 3 is 2.61 bits per heavy atom. The molecule has 0 bridgehead atoms. The van der Waals surface area contributed by atoms with E-state index in [1.165, 1.54) is 5.56 Å². The van der Waals surface area contributed by atoms with E-state index in [1.54, 1.807) is 12.4 Å². The molecule has 0 aliphatic carbocycles. The van der Waals surface area contributed by atoms with Crippen molar-refractivity contribution in [2.24, 2.45) is 5.73 Å². The monoisotopic (exact) mass is 309 g/mol. The van der Waals surface area contributed by atoms with E-state index in [2.05, 4.69) is 25.8 Å². The van der Waals surface area contributed by atoms with Gasteiger partial charge < -0.3 is 10.2 Å². The second-order valence-electron chi connectivity index (χ2n) is 4.16. The van der Waals surface area contributed by atoms with Crippen LogP contribution in [0.4, 0.5) is 0 Å². The van der Waals surface area contributed by atoms with Crippen LogP contribution < -0.4 is 5.73 Å². The van der Waals surface area contributed by atoms with Crippen molar-refractivity contribution in [1.29, 1.82) is 0 Å².